The molecule has 1 saturated carbocycles. The van der Waals surface area contributed by atoms with Crippen LogP contribution >= 0.6 is 12.4 Å². The zero-order valence-electron chi connectivity index (χ0n) is 15.6. The summed E-state index contributed by atoms with van der Waals surface area (Å²) in [5, 5.41) is 8.24. The molecule has 1 amide bonds. The van der Waals surface area contributed by atoms with Crippen LogP contribution in [-0.4, -0.2) is 47.6 Å². The molecule has 0 bridgehead atoms. The summed E-state index contributed by atoms with van der Waals surface area (Å²) in [5.41, 5.74) is 3.05. The van der Waals surface area contributed by atoms with Crippen molar-refractivity contribution in [3.05, 3.63) is 23.0 Å². The molecule has 0 aromatic carbocycles. The third-order valence-electron chi connectivity index (χ3n) is 5.33. The Morgan fingerprint density at radius 2 is 2.15 bits per heavy atom. The number of carbonyl (C=O) groups is 1. The highest BCUT2D eigenvalue weighted by Crippen LogP contribution is 2.41. The number of pyridine rings is 1. The fourth-order valence-corrected chi connectivity index (χ4v) is 3.79. The van der Waals surface area contributed by atoms with Gasteiger partial charge < -0.3 is 14.7 Å². The van der Waals surface area contributed by atoms with Gasteiger partial charge in [0.25, 0.3) is 11.6 Å². The van der Waals surface area contributed by atoms with Crippen molar-refractivity contribution in [2.75, 3.05) is 26.7 Å². The largest absolute Gasteiger partial charge is 0.338 e. The molecule has 26 heavy (non-hydrogen) atoms. The lowest BCUT2D eigenvalue weighted by Gasteiger charge is -2.18. The lowest BCUT2D eigenvalue weighted by molar-refractivity contribution is 0.0789. The van der Waals surface area contributed by atoms with Gasteiger partial charge in [-0.2, -0.15) is 0 Å². The monoisotopic (exact) mass is 378 g/mol. The lowest BCUT2D eigenvalue weighted by Crippen LogP contribution is -2.30. The van der Waals surface area contributed by atoms with Crippen LogP contribution < -0.4 is 5.32 Å². The number of halogens is 1. The van der Waals surface area contributed by atoms with E-state index in [0.29, 0.717) is 17.5 Å². The second-order valence-electron chi connectivity index (χ2n) is 7.74. The maximum Gasteiger partial charge on any atom is 0.259 e. The highest BCUT2D eigenvalue weighted by molar-refractivity contribution is 6.06. The molecule has 0 spiro atoms. The van der Waals surface area contributed by atoms with E-state index >= 15 is 0 Å². The van der Waals surface area contributed by atoms with E-state index in [2.05, 4.69) is 29.3 Å². The highest BCUT2D eigenvalue weighted by Gasteiger charge is 2.32. The first kappa shape index (κ1) is 19.1. The maximum absolute atomic E-state index is 13.3. The SMILES string of the molecule is CNCC1CCN(C(=O)c2cc(C3CC3)nc3onc(C(C)C)c23)C1.Cl. The Hall–Kier alpha value is -1.66. The van der Waals surface area contributed by atoms with Gasteiger partial charge in [0.1, 0.15) is 0 Å². The molecule has 2 aromatic heterocycles. The molecule has 7 heteroatoms. The van der Waals surface area contributed by atoms with Gasteiger partial charge in [0, 0.05) is 24.7 Å². The van der Waals surface area contributed by atoms with Gasteiger partial charge in [-0.15, -0.1) is 12.4 Å². The average molecular weight is 379 g/mol. The van der Waals surface area contributed by atoms with Gasteiger partial charge in [-0.25, -0.2) is 4.98 Å². The lowest BCUT2D eigenvalue weighted by atomic mass is 10.0. The number of likely N-dealkylation sites (tertiary alicyclic amines) is 1. The van der Waals surface area contributed by atoms with Crippen LogP contribution in [0, 0.1) is 5.92 Å². The number of fused-ring (bicyclic) bond motifs is 1. The van der Waals surface area contributed by atoms with Gasteiger partial charge in [0.05, 0.1) is 16.6 Å². The molecule has 1 atom stereocenters. The van der Waals surface area contributed by atoms with Crippen molar-refractivity contribution in [2.45, 2.75) is 44.9 Å². The Morgan fingerprint density at radius 3 is 2.81 bits per heavy atom. The van der Waals surface area contributed by atoms with E-state index in [1.807, 2.05) is 18.0 Å². The van der Waals surface area contributed by atoms with Crippen LogP contribution in [0.2, 0.25) is 0 Å². The van der Waals surface area contributed by atoms with Crippen molar-refractivity contribution in [3.63, 3.8) is 0 Å². The van der Waals surface area contributed by atoms with Crippen LogP contribution in [0.25, 0.3) is 11.1 Å². The Balaban J connectivity index is 0.00000196. The summed E-state index contributed by atoms with van der Waals surface area (Å²) in [6.45, 7) is 6.71. The number of nitrogens with one attached hydrogen (secondary N) is 1. The molecule has 2 fully saturated rings. The molecule has 2 aromatic rings. The van der Waals surface area contributed by atoms with Crippen molar-refractivity contribution < 1.29 is 9.32 Å². The van der Waals surface area contributed by atoms with Gasteiger partial charge in [0.15, 0.2) is 0 Å². The smallest absolute Gasteiger partial charge is 0.259 e. The molecule has 1 aliphatic carbocycles. The Bertz CT molecular complexity index is 800. The van der Waals surface area contributed by atoms with Crippen molar-refractivity contribution in [3.8, 4) is 0 Å². The maximum atomic E-state index is 13.3. The van der Waals surface area contributed by atoms with E-state index in [4.69, 9.17) is 4.52 Å². The number of carbonyl (C=O) groups excluding carboxylic acids is 1. The third-order valence-corrected chi connectivity index (χ3v) is 5.33. The number of hydrogen-bond acceptors (Lipinski definition) is 5. The molecule has 0 radical (unpaired) electrons. The van der Waals surface area contributed by atoms with Crippen molar-refractivity contribution in [2.24, 2.45) is 5.92 Å². The van der Waals surface area contributed by atoms with Crippen molar-refractivity contribution >= 4 is 29.4 Å². The van der Waals surface area contributed by atoms with Crippen LogP contribution in [0.4, 0.5) is 0 Å². The fourth-order valence-electron chi connectivity index (χ4n) is 3.79. The summed E-state index contributed by atoms with van der Waals surface area (Å²) in [4.78, 5) is 19.9. The molecule has 1 N–H and O–H groups in total. The van der Waals surface area contributed by atoms with E-state index in [0.717, 1.165) is 61.2 Å². The molecule has 2 aliphatic rings. The molecular formula is C19H27ClN4O2. The van der Waals surface area contributed by atoms with Crippen LogP contribution in [-0.2, 0) is 0 Å². The second-order valence-corrected chi connectivity index (χ2v) is 7.74. The van der Waals surface area contributed by atoms with E-state index in [9.17, 15) is 4.79 Å². The summed E-state index contributed by atoms with van der Waals surface area (Å²) in [5.74, 6) is 1.29. The normalized spacial score (nSPS) is 20.0. The molecule has 1 saturated heterocycles. The number of nitrogens with zero attached hydrogens (tertiary/aromatic N) is 3. The molecule has 3 heterocycles. The first-order valence-electron chi connectivity index (χ1n) is 9.32. The predicted octanol–water partition coefficient (Wildman–Crippen LogP) is 3.33. The first-order chi connectivity index (χ1) is 12.1. The Kier molecular flexibility index (Phi) is 5.53. The number of rotatable bonds is 5. The van der Waals surface area contributed by atoms with E-state index in [1.54, 1.807) is 0 Å². The zero-order valence-corrected chi connectivity index (χ0v) is 16.4. The van der Waals surface area contributed by atoms with Crippen LogP contribution in [0.5, 0.6) is 0 Å². The van der Waals surface area contributed by atoms with Crippen LogP contribution in [0.15, 0.2) is 10.6 Å². The molecule has 1 unspecified atom stereocenters. The van der Waals surface area contributed by atoms with Crippen LogP contribution in [0.3, 0.4) is 0 Å². The molecule has 6 nitrogen and oxygen atoms in total. The van der Waals surface area contributed by atoms with E-state index < -0.39 is 0 Å². The first-order valence-corrected chi connectivity index (χ1v) is 9.32. The van der Waals surface area contributed by atoms with Gasteiger partial charge in [-0.3, -0.25) is 4.79 Å². The highest BCUT2D eigenvalue weighted by atomic mass is 35.5. The minimum atomic E-state index is 0. The van der Waals surface area contributed by atoms with Crippen molar-refractivity contribution in [1.82, 2.24) is 20.4 Å². The summed E-state index contributed by atoms with van der Waals surface area (Å²) in [6.07, 6.45) is 3.34. The Morgan fingerprint density at radius 1 is 1.38 bits per heavy atom. The quantitative estimate of drug-likeness (QED) is 0.864. The molecule has 1 aliphatic heterocycles. The second kappa shape index (κ2) is 7.53. The number of hydrogen-bond donors (Lipinski definition) is 1. The molecular weight excluding hydrogens is 352 g/mol. The number of aromatic nitrogens is 2. The van der Waals surface area contributed by atoms with Gasteiger partial charge in [-0.1, -0.05) is 19.0 Å². The predicted molar refractivity (Wildman–Crippen MR) is 103 cm³/mol. The van der Waals surface area contributed by atoms with E-state index in [-0.39, 0.29) is 24.2 Å². The summed E-state index contributed by atoms with van der Waals surface area (Å²) >= 11 is 0. The van der Waals surface area contributed by atoms with Crippen molar-refractivity contribution in [1.29, 1.82) is 0 Å². The molecule has 142 valence electrons. The van der Waals surface area contributed by atoms with Gasteiger partial charge in [-0.05, 0) is 50.8 Å². The van der Waals surface area contributed by atoms with Crippen LogP contribution in [0.1, 0.15) is 66.7 Å². The standard InChI is InChI=1S/C19H26N4O2.ClH/c1-11(2)17-16-14(19(24)23-7-6-12(10-23)9-20-3)8-15(13-4-5-13)21-18(16)25-22-17;/h8,11-13,20H,4-7,9-10H2,1-3H3;1H. The summed E-state index contributed by atoms with van der Waals surface area (Å²) < 4.78 is 5.50. The molecule has 4 rings (SSSR count). The van der Waals surface area contributed by atoms with Gasteiger partial charge >= 0.3 is 0 Å². The fraction of sp³-hybridized carbons (Fsp3) is 0.632. The zero-order chi connectivity index (χ0) is 17.6. The summed E-state index contributed by atoms with van der Waals surface area (Å²) in [6, 6.07) is 2.00. The topological polar surface area (TPSA) is 71.3 Å². The van der Waals surface area contributed by atoms with Gasteiger partial charge in [0.2, 0.25) is 0 Å². The average Bonchev–Trinajstić information content (AvgIpc) is 3.18. The van der Waals surface area contributed by atoms with E-state index in [1.165, 1.54) is 0 Å². The minimum absolute atomic E-state index is 0. The third kappa shape index (κ3) is 3.45. The number of amides is 1. The summed E-state index contributed by atoms with van der Waals surface area (Å²) in [7, 11) is 1.96. The minimum Gasteiger partial charge on any atom is -0.338 e. The Labute approximate surface area is 160 Å².